The average Bonchev–Trinajstić information content (AvgIpc) is 2.31. The molecular weight excluding hydrogens is 265 g/mol. The van der Waals surface area contributed by atoms with Crippen LogP contribution in [-0.4, -0.2) is 0 Å². The van der Waals surface area contributed by atoms with E-state index in [1.54, 1.807) is 0 Å². The minimum atomic E-state index is -0.994. The predicted octanol–water partition coefficient (Wildman–Crippen LogP) is 4.08. The molecule has 0 saturated carbocycles. The summed E-state index contributed by atoms with van der Waals surface area (Å²) in [6, 6.07) is 5.58. The topological polar surface area (TPSA) is 38.0 Å². The van der Waals surface area contributed by atoms with Crippen molar-refractivity contribution in [3.63, 3.8) is 0 Å². The summed E-state index contributed by atoms with van der Waals surface area (Å²) in [5.74, 6) is -2.59. The summed E-state index contributed by atoms with van der Waals surface area (Å²) in [4.78, 5) is 0. The highest BCUT2D eigenvalue weighted by Crippen LogP contribution is 2.29. The second-order valence-corrected chi connectivity index (χ2v) is 4.01. The fraction of sp³-hybridized carbons (Fsp3) is 0. The van der Waals surface area contributed by atoms with Crippen LogP contribution in [0.2, 0.25) is 5.02 Å². The maximum atomic E-state index is 13.1. The maximum Gasteiger partial charge on any atom is 0.160 e. The van der Waals surface area contributed by atoms with E-state index in [4.69, 9.17) is 17.3 Å². The van der Waals surface area contributed by atoms with Crippen molar-refractivity contribution in [3.8, 4) is 0 Å². The van der Waals surface area contributed by atoms with E-state index in [9.17, 15) is 13.2 Å². The molecule has 0 spiro atoms. The van der Waals surface area contributed by atoms with Crippen LogP contribution in [0, 0.1) is 17.5 Å². The van der Waals surface area contributed by atoms with Gasteiger partial charge in [-0.2, -0.15) is 0 Å². The van der Waals surface area contributed by atoms with Gasteiger partial charge in [-0.3, -0.25) is 0 Å². The van der Waals surface area contributed by atoms with Crippen molar-refractivity contribution in [2.75, 3.05) is 11.1 Å². The molecule has 0 saturated heterocycles. The Balaban J connectivity index is 2.34. The van der Waals surface area contributed by atoms with Gasteiger partial charge < -0.3 is 11.1 Å². The van der Waals surface area contributed by atoms with Crippen LogP contribution in [-0.2, 0) is 0 Å². The van der Waals surface area contributed by atoms with Gasteiger partial charge in [-0.25, -0.2) is 13.2 Å². The van der Waals surface area contributed by atoms with E-state index in [0.717, 1.165) is 18.2 Å². The lowest BCUT2D eigenvalue weighted by molar-refractivity contribution is 0.509. The summed E-state index contributed by atoms with van der Waals surface area (Å²) in [6.45, 7) is 0. The molecule has 18 heavy (non-hydrogen) atoms. The first-order valence-electron chi connectivity index (χ1n) is 4.94. The quantitative estimate of drug-likeness (QED) is 0.808. The lowest BCUT2D eigenvalue weighted by atomic mass is 10.2. The van der Waals surface area contributed by atoms with Crippen molar-refractivity contribution in [1.29, 1.82) is 0 Å². The van der Waals surface area contributed by atoms with E-state index in [2.05, 4.69) is 5.32 Å². The Morgan fingerprint density at radius 2 is 1.67 bits per heavy atom. The second kappa shape index (κ2) is 4.78. The van der Waals surface area contributed by atoms with Gasteiger partial charge in [-0.1, -0.05) is 11.6 Å². The van der Waals surface area contributed by atoms with Crippen LogP contribution in [0.15, 0.2) is 30.3 Å². The molecule has 3 N–H and O–H groups in total. The smallest absolute Gasteiger partial charge is 0.160 e. The fourth-order valence-corrected chi connectivity index (χ4v) is 1.56. The van der Waals surface area contributed by atoms with E-state index < -0.39 is 17.5 Å². The number of benzene rings is 2. The molecule has 2 aromatic carbocycles. The summed E-state index contributed by atoms with van der Waals surface area (Å²) in [5.41, 5.74) is 6.28. The molecule has 0 amide bonds. The van der Waals surface area contributed by atoms with Gasteiger partial charge in [-0.05, 0) is 18.2 Å². The van der Waals surface area contributed by atoms with Crippen LogP contribution in [0.5, 0.6) is 0 Å². The predicted molar refractivity (Wildman–Crippen MR) is 65.5 cm³/mol. The molecule has 0 aliphatic rings. The van der Waals surface area contributed by atoms with Gasteiger partial charge in [-0.15, -0.1) is 0 Å². The highest BCUT2D eigenvalue weighted by Gasteiger charge is 2.08. The number of anilines is 3. The molecule has 0 atom stereocenters. The second-order valence-electron chi connectivity index (χ2n) is 3.61. The Bertz CT molecular complexity index is 602. The maximum absolute atomic E-state index is 13.1. The third kappa shape index (κ3) is 2.51. The minimum absolute atomic E-state index is 0.113. The Morgan fingerprint density at radius 1 is 0.944 bits per heavy atom. The summed E-state index contributed by atoms with van der Waals surface area (Å²) >= 11 is 5.60. The molecule has 2 nitrogen and oxygen atoms in total. The first-order valence-corrected chi connectivity index (χ1v) is 5.32. The third-order valence-corrected chi connectivity index (χ3v) is 2.58. The average molecular weight is 273 g/mol. The van der Waals surface area contributed by atoms with E-state index in [1.807, 2.05) is 0 Å². The molecule has 0 aromatic heterocycles. The Morgan fingerprint density at radius 3 is 2.33 bits per heavy atom. The molecule has 0 unspecified atom stereocenters. The zero-order valence-corrected chi connectivity index (χ0v) is 9.73. The van der Waals surface area contributed by atoms with Crippen molar-refractivity contribution in [2.45, 2.75) is 0 Å². The minimum Gasteiger partial charge on any atom is -0.397 e. The highest BCUT2D eigenvalue weighted by atomic mass is 35.5. The SMILES string of the molecule is Nc1cc(F)c(Cl)cc1Nc1ccc(F)c(F)c1. The van der Waals surface area contributed by atoms with Gasteiger partial charge in [0.1, 0.15) is 5.82 Å². The lowest BCUT2D eigenvalue weighted by Gasteiger charge is -2.10. The number of nitrogen functional groups attached to an aromatic ring is 1. The summed E-state index contributed by atoms with van der Waals surface area (Å²) in [7, 11) is 0. The normalized spacial score (nSPS) is 10.4. The third-order valence-electron chi connectivity index (χ3n) is 2.29. The zero-order chi connectivity index (χ0) is 13.3. The number of halogens is 4. The van der Waals surface area contributed by atoms with Gasteiger partial charge >= 0.3 is 0 Å². The van der Waals surface area contributed by atoms with Crippen molar-refractivity contribution in [3.05, 3.63) is 52.8 Å². The molecule has 0 heterocycles. The number of nitrogens with two attached hydrogens (primary N) is 1. The highest BCUT2D eigenvalue weighted by molar-refractivity contribution is 6.31. The van der Waals surface area contributed by atoms with Crippen molar-refractivity contribution in [1.82, 2.24) is 0 Å². The van der Waals surface area contributed by atoms with Crippen molar-refractivity contribution in [2.24, 2.45) is 0 Å². The van der Waals surface area contributed by atoms with Crippen molar-refractivity contribution < 1.29 is 13.2 Å². The summed E-state index contributed by atoms with van der Waals surface area (Å²) in [6.07, 6.45) is 0. The standard InChI is InChI=1S/C12H8ClF3N2/c13-7-4-12(11(17)5-9(7)15)18-6-1-2-8(14)10(16)3-6/h1-5,18H,17H2. The van der Waals surface area contributed by atoms with E-state index in [1.165, 1.54) is 12.1 Å². The van der Waals surface area contributed by atoms with Gasteiger partial charge in [0.15, 0.2) is 11.6 Å². The molecular formula is C12H8ClF3N2. The summed E-state index contributed by atoms with van der Waals surface area (Å²) in [5, 5.41) is 2.61. The molecule has 0 aliphatic carbocycles. The zero-order valence-electron chi connectivity index (χ0n) is 8.98. The van der Waals surface area contributed by atoms with Crippen LogP contribution in [0.3, 0.4) is 0 Å². The van der Waals surface area contributed by atoms with Crippen LogP contribution in [0.25, 0.3) is 0 Å². The summed E-state index contributed by atoms with van der Waals surface area (Å²) < 4.78 is 38.8. The fourth-order valence-electron chi connectivity index (χ4n) is 1.40. The first-order chi connectivity index (χ1) is 8.47. The first kappa shape index (κ1) is 12.6. The molecule has 0 radical (unpaired) electrons. The molecule has 94 valence electrons. The molecule has 0 aliphatic heterocycles. The molecule has 0 fully saturated rings. The Hall–Kier alpha value is -1.88. The largest absolute Gasteiger partial charge is 0.397 e. The van der Waals surface area contributed by atoms with E-state index >= 15 is 0 Å². The Kier molecular flexibility index (Phi) is 3.34. The number of hydrogen-bond acceptors (Lipinski definition) is 2. The number of nitrogens with one attached hydrogen (secondary N) is 1. The van der Waals surface area contributed by atoms with Gasteiger partial charge in [0.05, 0.1) is 16.4 Å². The molecule has 6 heteroatoms. The van der Waals surface area contributed by atoms with Gasteiger partial charge in [0.2, 0.25) is 0 Å². The monoisotopic (exact) mass is 272 g/mol. The van der Waals surface area contributed by atoms with Gasteiger partial charge in [0, 0.05) is 17.8 Å². The van der Waals surface area contributed by atoms with Crippen LogP contribution < -0.4 is 11.1 Å². The Labute approximate surface area is 106 Å². The van der Waals surface area contributed by atoms with E-state index in [-0.39, 0.29) is 16.4 Å². The van der Waals surface area contributed by atoms with Crippen LogP contribution in [0.4, 0.5) is 30.2 Å². The molecule has 0 bridgehead atoms. The molecule has 2 aromatic rings. The van der Waals surface area contributed by atoms with Crippen LogP contribution in [0.1, 0.15) is 0 Å². The van der Waals surface area contributed by atoms with Crippen LogP contribution >= 0.6 is 11.6 Å². The lowest BCUT2D eigenvalue weighted by Crippen LogP contribution is -1.98. The molecule has 2 rings (SSSR count). The van der Waals surface area contributed by atoms with Crippen molar-refractivity contribution >= 4 is 28.7 Å². The van der Waals surface area contributed by atoms with E-state index in [0.29, 0.717) is 5.69 Å². The van der Waals surface area contributed by atoms with Gasteiger partial charge in [0.25, 0.3) is 0 Å². The number of hydrogen-bond donors (Lipinski definition) is 2. The number of rotatable bonds is 2.